The average Bonchev–Trinajstić information content (AvgIpc) is 2.63. The fraction of sp³-hybridized carbons (Fsp3) is 0.375. The van der Waals surface area contributed by atoms with E-state index in [4.69, 9.17) is 5.73 Å². The van der Waals surface area contributed by atoms with Gasteiger partial charge in [-0.3, -0.25) is 14.7 Å². The SMILES string of the molecule is CNC(=O)C(C)NC(=O)c1cc(N)n[nH]1. The van der Waals surface area contributed by atoms with Gasteiger partial charge in [0.2, 0.25) is 5.91 Å². The van der Waals surface area contributed by atoms with Crippen molar-refractivity contribution >= 4 is 17.6 Å². The van der Waals surface area contributed by atoms with Crippen molar-refractivity contribution in [1.82, 2.24) is 20.8 Å². The zero-order chi connectivity index (χ0) is 11.4. The maximum Gasteiger partial charge on any atom is 0.270 e. The van der Waals surface area contributed by atoms with E-state index in [1.165, 1.54) is 13.1 Å². The van der Waals surface area contributed by atoms with Crippen molar-refractivity contribution in [3.8, 4) is 0 Å². The first kappa shape index (κ1) is 11.0. The van der Waals surface area contributed by atoms with Gasteiger partial charge >= 0.3 is 0 Å². The van der Waals surface area contributed by atoms with Gasteiger partial charge in [-0.1, -0.05) is 0 Å². The van der Waals surface area contributed by atoms with Crippen LogP contribution in [0.25, 0.3) is 0 Å². The number of nitrogens with one attached hydrogen (secondary N) is 3. The number of nitrogen functional groups attached to an aromatic ring is 1. The first-order valence-corrected chi connectivity index (χ1v) is 4.38. The van der Waals surface area contributed by atoms with Crippen LogP contribution >= 0.6 is 0 Å². The van der Waals surface area contributed by atoms with Crippen molar-refractivity contribution in [2.75, 3.05) is 12.8 Å². The predicted molar refractivity (Wildman–Crippen MR) is 54.0 cm³/mol. The number of amides is 2. The first-order valence-electron chi connectivity index (χ1n) is 4.38. The molecule has 0 aliphatic rings. The van der Waals surface area contributed by atoms with E-state index < -0.39 is 11.9 Å². The summed E-state index contributed by atoms with van der Waals surface area (Å²) >= 11 is 0. The third-order valence-corrected chi connectivity index (χ3v) is 1.83. The molecule has 0 aliphatic heterocycles. The van der Waals surface area contributed by atoms with Gasteiger partial charge in [-0.05, 0) is 6.92 Å². The van der Waals surface area contributed by atoms with Crippen molar-refractivity contribution in [3.05, 3.63) is 11.8 Å². The number of aromatic nitrogens is 2. The Hall–Kier alpha value is -2.05. The number of likely N-dealkylation sites (N-methyl/N-ethyl adjacent to an activating group) is 1. The van der Waals surface area contributed by atoms with Crippen molar-refractivity contribution in [2.45, 2.75) is 13.0 Å². The van der Waals surface area contributed by atoms with E-state index in [2.05, 4.69) is 20.8 Å². The highest BCUT2D eigenvalue weighted by Gasteiger charge is 2.16. The van der Waals surface area contributed by atoms with Crippen LogP contribution < -0.4 is 16.4 Å². The molecule has 1 aromatic heterocycles. The van der Waals surface area contributed by atoms with Crippen molar-refractivity contribution in [3.63, 3.8) is 0 Å². The Morgan fingerprint density at radius 2 is 2.27 bits per heavy atom. The Morgan fingerprint density at radius 3 is 2.73 bits per heavy atom. The van der Waals surface area contributed by atoms with Gasteiger partial charge in [0, 0.05) is 13.1 Å². The topological polar surface area (TPSA) is 113 Å². The van der Waals surface area contributed by atoms with Gasteiger partial charge < -0.3 is 16.4 Å². The van der Waals surface area contributed by atoms with Gasteiger partial charge in [0.15, 0.2) is 0 Å². The molecule has 0 saturated heterocycles. The van der Waals surface area contributed by atoms with Gasteiger partial charge in [-0.2, -0.15) is 5.10 Å². The molecule has 1 heterocycles. The van der Waals surface area contributed by atoms with Gasteiger partial charge in [-0.15, -0.1) is 0 Å². The molecule has 82 valence electrons. The molecular formula is C8H13N5O2. The van der Waals surface area contributed by atoms with E-state index in [9.17, 15) is 9.59 Å². The number of carbonyl (C=O) groups excluding carboxylic acids is 2. The van der Waals surface area contributed by atoms with Crippen LogP contribution in [0, 0.1) is 0 Å². The van der Waals surface area contributed by atoms with E-state index in [-0.39, 0.29) is 17.4 Å². The lowest BCUT2D eigenvalue weighted by Crippen LogP contribution is -2.43. The first-order chi connectivity index (χ1) is 7.04. The molecule has 0 bridgehead atoms. The van der Waals surface area contributed by atoms with E-state index in [0.29, 0.717) is 0 Å². The number of rotatable bonds is 3. The molecule has 7 heteroatoms. The van der Waals surface area contributed by atoms with Crippen LogP contribution in [0.4, 0.5) is 5.82 Å². The average molecular weight is 211 g/mol. The lowest BCUT2D eigenvalue weighted by atomic mass is 10.3. The maximum absolute atomic E-state index is 11.5. The van der Waals surface area contributed by atoms with Gasteiger partial charge in [0.1, 0.15) is 17.6 Å². The van der Waals surface area contributed by atoms with Crippen molar-refractivity contribution in [2.24, 2.45) is 0 Å². The van der Waals surface area contributed by atoms with Crippen LogP contribution in [0.15, 0.2) is 6.07 Å². The van der Waals surface area contributed by atoms with Crippen LogP contribution in [0.3, 0.4) is 0 Å². The molecule has 0 aromatic carbocycles. The standard InChI is InChI=1S/C8H13N5O2/c1-4(7(14)10-2)11-8(15)5-3-6(9)13-12-5/h3-4H,1-2H3,(H,10,14)(H,11,15)(H3,9,12,13). The smallest absolute Gasteiger partial charge is 0.270 e. The molecule has 0 saturated carbocycles. The summed E-state index contributed by atoms with van der Waals surface area (Å²) in [5, 5.41) is 11.0. The minimum absolute atomic E-state index is 0.225. The summed E-state index contributed by atoms with van der Waals surface area (Å²) in [5.74, 6) is -0.459. The summed E-state index contributed by atoms with van der Waals surface area (Å²) in [5.41, 5.74) is 5.56. The monoisotopic (exact) mass is 211 g/mol. The molecule has 2 amide bonds. The minimum Gasteiger partial charge on any atom is -0.382 e. The van der Waals surface area contributed by atoms with Crippen LogP contribution in [0.1, 0.15) is 17.4 Å². The molecule has 0 aliphatic carbocycles. The molecule has 5 N–H and O–H groups in total. The van der Waals surface area contributed by atoms with Gasteiger partial charge in [0.05, 0.1) is 0 Å². The van der Waals surface area contributed by atoms with E-state index in [0.717, 1.165) is 0 Å². The number of H-pyrrole nitrogens is 1. The number of hydrogen-bond acceptors (Lipinski definition) is 4. The lowest BCUT2D eigenvalue weighted by molar-refractivity contribution is -0.122. The largest absolute Gasteiger partial charge is 0.382 e. The Kier molecular flexibility index (Phi) is 3.27. The Bertz CT molecular complexity index is 373. The molecule has 0 spiro atoms. The Morgan fingerprint density at radius 1 is 1.60 bits per heavy atom. The van der Waals surface area contributed by atoms with Crippen molar-refractivity contribution in [1.29, 1.82) is 0 Å². The van der Waals surface area contributed by atoms with E-state index >= 15 is 0 Å². The molecule has 1 aromatic rings. The highest BCUT2D eigenvalue weighted by Crippen LogP contribution is 2.00. The zero-order valence-corrected chi connectivity index (χ0v) is 8.50. The summed E-state index contributed by atoms with van der Waals surface area (Å²) < 4.78 is 0. The Balaban J connectivity index is 2.60. The number of anilines is 1. The second-order valence-electron chi connectivity index (χ2n) is 3.02. The fourth-order valence-electron chi connectivity index (χ4n) is 1.01. The predicted octanol–water partition coefficient (Wildman–Crippen LogP) is -1.14. The second kappa shape index (κ2) is 4.45. The molecule has 1 rings (SSSR count). The molecule has 15 heavy (non-hydrogen) atoms. The fourth-order valence-corrected chi connectivity index (χ4v) is 1.01. The Labute approximate surface area is 86.4 Å². The van der Waals surface area contributed by atoms with Gasteiger partial charge in [-0.25, -0.2) is 0 Å². The number of hydrogen-bond donors (Lipinski definition) is 4. The molecular weight excluding hydrogens is 198 g/mol. The third-order valence-electron chi connectivity index (χ3n) is 1.83. The highest BCUT2D eigenvalue weighted by molar-refractivity contribution is 5.96. The third kappa shape index (κ3) is 2.70. The summed E-state index contributed by atoms with van der Waals surface area (Å²) in [6.45, 7) is 1.58. The summed E-state index contributed by atoms with van der Waals surface area (Å²) in [4.78, 5) is 22.6. The highest BCUT2D eigenvalue weighted by atomic mass is 16.2. The quantitative estimate of drug-likeness (QED) is 0.506. The number of carbonyl (C=O) groups is 2. The summed E-state index contributed by atoms with van der Waals surface area (Å²) in [7, 11) is 1.50. The number of nitrogens with zero attached hydrogens (tertiary/aromatic N) is 1. The zero-order valence-electron chi connectivity index (χ0n) is 8.50. The second-order valence-corrected chi connectivity index (χ2v) is 3.02. The molecule has 0 radical (unpaired) electrons. The number of nitrogens with two attached hydrogens (primary N) is 1. The van der Waals surface area contributed by atoms with Crippen LogP contribution in [-0.2, 0) is 4.79 Å². The van der Waals surface area contributed by atoms with Gasteiger partial charge in [0.25, 0.3) is 5.91 Å². The maximum atomic E-state index is 11.5. The van der Waals surface area contributed by atoms with Crippen LogP contribution in [0.2, 0.25) is 0 Å². The summed E-state index contributed by atoms with van der Waals surface area (Å²) in [6, 6.07) is 0.790. The van der Waals surface area contributed by atoms with E-state index in [1.807, 2.05) is 0 Å². The van der Waals surface area contributed by atoms with E-state index in [1.54, 1.807) is 6.92 Å². The lowest BCUT2D eigenvalue weighted by Gasteiger charge is -2.10. The molecule has 0 fully saturated rings. The molecule has 7 nitrogen and oxygen atoms in total. The number of aromatic amines is 1. The molecule has 1 atom stereocenters. The summed E-state index contributed by atoms with van der Waals surface area (Å²) in [6.07, 6.45) is 0. The minimum atomic E-state index is -0.605. The van der Waals surface area contributed by atoms with Crippen LogP contribution in [-0.4, -0.2) is 35.1 Å². The normalized spacial score (nSPS) is 11.9. The van der Waals surface area contributed by atoms with Crippen LogP contribution in [0.5, 0.6) is 0 Å². The van der Waals surface area contributed by atoms with Crippen molar-refractivity contribution < 1.29 is 9.59 Å². The molecule has 1 unspecified atom stereocenters.